The van der Waals surface area contributed by atoms with Gasteiger partial charge in [-0.1, -0.05) is 34.1 Å². The minimum atomic E-state index is 0.940. The van der Waals surface area contributed by atoms with Gasteiger partial charge in [-0.25, -0.2) is 0 Å². The molecule has 0 spiro atoms. The van der Waals surface area contributed by atoms with Gasteiger partial charge < -0.3 is 14.5 Å². The lowest BCUT2D eigenvalue weighted by molar-refractivity contribution is 0.0979. The number of ether oxygens (including phenoxy) is 1. The molecule has 0 saturated carbocycles. The first-order valence-corrected chi connectivity index (χ1v) is 8.39. The summed E-state index contributed by atoms with van der Waals surface area (Å²) in [5, 5.41) is 0. The summed E-state index contributed by atoms with van der Waals surface area (Å²) in [5.41, 5.74) is 0. The highest BCUT2D eigenvalue weighted by molar-refractivity contribution is 4.71. The van der Waals surface area contributed by atoms with Crippen molar-refractivity contribution in [2.75, 3.05) is 52.5 Å². The molecule has 1 fully saturated rings. The van der Waals surface area contributed by atoms with E-state index >= 15 is 0 Å². The molecule has 1 aliphatic rings. The van der Waals surface area contributed by atoms with Crippen LogP contribution in [0.3, 0.4) is 0 Å². The van der Waals surface area contributed by atoms with Crippen molar-refractivity contribution >= 4 is 0 Å². The van der Waals surface area contributed by atoms with Gasteiger partial charge in [0.05, 0.1) is 0 Å². The number of unbranched alkanes of at least 4 members (excludes halogenated alkanes) is 1. The molecular weight excluding hydrogens is 236 g/mol. The van der Waals surface area contributed by atoms with Crippen LogP contribution in [0, 0.1) is 0 Å². The molecule has 0 aromatic rings. The SMILES string of the molecule is CC.CCCCOCCCN1CCN(CCC)CC1. The van der Waals surface area contributed by atoms with Crippen molar-refractivity contribution in [2.45, 2.75) is 53.4 Å². The Kier molecular flexibility index (Phi) is 14.2. The molecule has 3 heteroatoms. The van der Waals surface area contributed by atoms with Crippen LogP contribution in [-0.2, 0) is 4.74 Å². The van der Waals surface area contributed by atoms with E-state index in [-0.39, 0.29) is 0 Å². The number of rotatable bonds is 9. The van der Waals surface area contributed by atoms with E-state index in [1.807, 2.05) is 13.8 Å². The van der Waals surface area contributed by atoms with Gasteiger partial charge in [0.25, 0.3) is 0 Å². The van der Waals surface area contributed by atoms with Crippen molar-refractivity contribution < 1.29 is 4.74 Å². The number of piperazine rings is 1. The third kappa shape index (κ3) is 10.3. The van der Waals surface area contributed by atoms with E-state index in [0.29, 0.717) is 0 Å². The van der Waals surface area contributed by atoms with Gasteiger partial charge in [-0.15, -0.1) is 0 Å². The summed E-state index contributed by atoms with van der Waals surface area (Å²) < 4.78 is 5.59. The molecule has 1 heterocycles. The van der Waals surface area contributed by atoms with E-state index in [0.717, 1.165) is 13.2 Å². The summed E-state index contributed by atoms with van der Waals surface area (Å²) in [5.74, 6) is 0. The number of hydrogen-bond acceptors (Lipinski definition) is 3. The number of nitrogens with zero attached hydrogens (tertiary/aromatic N) is 2. The molecule has 116 valence electrons. The lowest BCUT2D eigenvalue weighted by Gasteiger charge is -2.34. The maximum absolute atomic E-state index is 5.59. The lowest BCUT2D eigenvalue weighted by atomic mass is 10.3. The highest BCUT2D eigenvalue weighted by Gasteiger charge is 2.14. The van der Waals surface area contributed by atoms with Crippen molar-refractivity contribution in [3.63, 3.8) is 0 Å². The van der Waals surface area contributed by atoms with E-state index in [4.69, 9.17) is 4.74 Å². The first-order valence-electron chi connectivity index (χ1n) is 8.39. The van der Waals surface area contributed by atoms with Crippen LogP contribution in [-0.4, -0.2) is 62.3 Å². The third-order valence-electron chi connectivity index (χ3n) is 3.41. The minimum absolute atomic E-state index is 0.940. The van der Waals surface area contributed by atoms with E-state index in [1.165, 1.54) is 65.0 Å². The summed E-state index contributed by atoms with van der Waals surface area (Å²) >= 11 is 0. The molecule has 0 unspecified atom stereocenters. The minimum Gasteiger partial charge on any atom is -0.381 e. The van der Waals surface area contributed by atoms with Crippen LogP contribution in [0.1, 0.15) is 53.4 Å². The molecule has 1 aliphatic heterocycles. The first-order chi connectivity index (χ1) is 9.36. The molecular formula is C16H36N2O. The van der Waals surface area contributed by atoms with Gasteiger partial charge in [0, 0.05) is 45.9 Å². The quantitative estimate of drug-likeness (QED) is 0.599. The second kappa shape index (κ2) is 14.3. The van der Waals surface area contributed by atoms with Gasteiger partial charge >= 0.3 is 0 Å². The van der Waals surface area contributed by atoms with E-state index in [9.17, 15) is 0 Å². The highest BCUT2D eigenvalue weighted by atomic mass is 16.5. The van der Waals surface area contributed by atoms with Gasteiger partial charge in [0.1, 0.15) is 0 Å². The molecule has 0 amide bonds. The van der Waals surface area contributed by atoms with Crippen molar-refractivity contribution in [1.29, 1.82) is 0 Å². The van der Waals surface area contributed by atoms with E-state index in [2.05, 4.69) is 23.6 Å². The first kappa shape index (κ1) is 18.9. The lowest BCUT2D eigenvalue weighted by Crippen LogP contribution is -2.46. The molecule has 19 heavy (non-hydrogen) atoms. The Morgan fingerprint density at radius 2 is 1.26 bits per heavy atom. The van der Waals surface area contributed by atoms with Crippen LogP contribution in [0.5, 0.6) is 0 Å². The summed E-state index contributed by atoms with van der Waals surface area (Å²) in [4.78, 5) is 5.16. The Morgan fingerprint density at radius 1 is 0.737 bits per heavy atom. The Morgan fingerprint density at radius 3 is 1.79 bits per heavy atom. The Hall–Kier alpha value is -0.120. The molecule has 0 atom stereocenters. The fraction of sp³-hybridized carbons (Fsp3) is 1.00. The zero-order valence-corrected chi connectivity index (χ0v) is 13.8. The highest BCUT2D eigenvalue weighted by Crippen LogP contribution is 2.03. The van der Waals surface area contributed by atoms with Gasteiger partial charge in [-0.3, -0.25) is 0 Å². The molecule has 0 radical (unpaired) electrons. The molecule has 0 aromatic heterocycles. The van der Waals surface area contributed by atoms with Crippen molar-refractivity contribution in [2.24, 2.45) is 0 Å². The largest absolute Gasteiger partial charge is 0.381 e. The summed E-state index contributed by atoms with van der Waals surface area (Å²) in [6.07, 6.45) is 4.91. The monoisotopic (exact) mass is 272 g/mol. The molecule has 1 rings (SSSR count). The smallest absolute Gasteiger partial charge is 0.0478 e. The summed E-state index contributed by atoms with van der Waals surface area (Å²) in [7, 11) is 0. The van der Waals surface area contributed by atoms with Gasteiger partial charge in [-0.2, -0.15) is 0 Å². The van der Waals surface area contributed by atoms with Gasteiger partial charge in [-0.05, 0) is 25.8 Å². The van der Waals surface area contributed by atoms with E-state index < -0.39 is 0 Å². The summed E-state index contributed by atoms with van der Waals surface area (Å²) in [6, 6.07) is 0. The zero-order chi connectivity index (χ0) is 14.3. The summed E-state index contributed by atoms with van der Waals surface area (Å²) in [6.45, 7) is 17.8. The van der Waals surface area contributed by atoms with Crippen LogP contribution in [0.25, 0.3) is 0 Å². The van der Waals surface area contributed by atoms with Crippen LogP contribution in [0.2, 0.25) is 0 Å². The second-order valence-electron chi connectivity index (χ2n) is 5.00. The van der Waals surface area contributed by atoms with Gasteiger partial charge in [0.2, 0.25) is 0 Å². The standard InChI is InChI=1S/C14H30N2O.C2H6/c1-3-5-13-17-14-6-8-16-11-9-15(7-4-2)10-12-16;1-2/h3-14H2,1-2H3;1-2H3. The fourth-order valence-electron chi connectivity index (χ4n) is 2.29. The maximum Gasteiger partial charge on any atom is 0.0478 e. The number of hydrogen-bond donors (Lipinski definition) is 0. The van der Waals surface area contributed by atoms with E-state index in [1.54, 1.807) is 0 Å². The molecule has 0 aliphatic carbocycles. The predicted octanol–water partition coefficient (Wildman–Crippen LogP) is 3.25. The van der Waals surface area contributed by atoms with Crippen molar-refractivity contribution in [3.8, 4) is 0 Å². The van der Waals surface area contributed by atoms with Crippen molar-refractivity contribution in [1.82, 2.24) is 9.80 Å². The molecule has 3 nitrogen and oxygen atoms in total. The topological polar surface area (TPSA) is 15.7 Å². The maximum atomic E-state index is 5.59. The van der Waals surface area contributed by atoms with Crippen LogP contribution >= 0.6 is 0 Å². The Bertz CT molecular complexity index is 168. The zero-order valence-electron chi connectivity index (χ0n) is 13.8. The Labute approximate surface area is 121 Å². The predicted molar refractivity (Wildman–Crippen MR) is 84.9 cm³/mol. The average Bonchev–Trinajstić information content (AvgIpc) is 2.47. The third-order valence-corrected chi connectivity index (χ3v) is 3.41. The Balaban J connectivity index is 0.00000154. The molecule has 0 bridgehead atoms. The molecule has 0 aromatic carbocycles. The van der Waals surface area contributed by atoms with Gasteiger partial charge in [0.15, 0.2) is 0 Å². The van der Waals surface area contributed by atoms with Crippen LogP contribution in [0.4, 0.5) is 0 Å². The molecule has 1 saturated heterocycles. The van der Waals surface area contributed by atoms with Crippen LogP contribution in [0.15, 0.2) is 0 Å². The second-order valence-corrected chi connectivity index (χ2v) is 5.00. The normalized spacial score (nSPS) is 17.1. The average molecular weight is 272 g/mol. The fourth-order valence-corrected chi connectivity index (χ4v) is 2.29. The molecule has 0 N–H and O–H groups in total. The van der Waals surface area contributed by atoms with Crippen molar-refractivity contribution in [3.05, 3.63) is 0 Å². The van der Waals surface area contributed by atoms with Crippen LogP contribution < -0.4 is 0 Å².